The molecule has 0 bridgehead atoms. The highest BCUT2D eigenvalue weighted by Gasteiger charge is 2.12. The van der Waals surface area contributed by atoms with Crippen LogP contribution in [-0.4, -0.2) is 33.0 Å². The maximum absolute atomic E-state index is 12.2. The average molecular weight is 411 g/mol. The minimum Gasteiger partial charge on any atom is -0.355 e. The van der Waals surface area contributed by atoms with E-state index in [0.717, 1.165) is 12.0 Å². The van der Waals surface area contributed by atoms with Crippen LogP contribution in [0.15, 0.2) is 64.5 Å². The van der Waals surface area contributed by atoms with E-state index in [1.54, 1.807) is 4.57 Å². The molecule has 1 heterocycles. The molecule has 1 aromatic heterocycles. The lowest BCUT2D eigenvalue weighted by molar-refractivity contribution is -0.118. The molecule has 29 heavy (non-hydrogen) atoms. The summed E-state index contributed by atoms with van der Waals surface area (Å²) in [7, 11) is 0. The summed E-state index contributed by atoms with van der Waals surface area (Å²) in [4.78, 5) is 24.2. The normalized spacial score (nSPS) is 11.0. The third-order valence-corrected chi connectivity index (χ3v) is 5.60. The number of aromatic amines is 1. The van der Waals surface area contributed by atoms with Crippen LogP contribution < -0.4 is 11.0 Å². The lowest BCUT2D eigenvalue weighted by Crippen LogP contribution is -2.27. The van der Waals surface area contributed by atoms with Gasteiger partial charge in [-0.05, 0) is 29.0 Å². The standard InChI is InChI=1S/C22H26N4O2S/c1-16(2)19-10-8-17(9-11-19)12-13-23-20(27)15-29-22-25-24-21(28)26(22)14-18-6-4-3-5-7-18/h3-11,16H,12-15H2,1-2H3,(H,23,27)(H,24,28). The Kier molecular flexibility index (Phi) is 7.30. The first-order valence-corrected chi connectivity index (χ1v) is 10.7. The van der Waals surface area contributed by atoms with Crippen molar-refractivity contribution in [3.05, 3.63) is 81.8 Å². The predicted molar refractivity (Wildman–Crippen MR) is 116 cm³/mol. The van der Waals surface area contributed by atoms with Crippen LogP contribution in [-0.2, 0) is 17.8 Å². The summed E-state index contributed by atoms with van der Waals surface area (Å²) in [6.07, 6.45) is 0.788. The van der Waals surface area contributed by atoms with E-state index in [0.29, 0.717) is 24.2 Å². The van der Waals surface area contributed by atoms with E-state index in [2.05, 4.69) is 53.6 Å². The minimum absolute atomic E-state index is 0.0736. The number of carbonyl (C=O) groups excluding carboxylic acids is 1. The molecule has 0 aliphatic rings. The largest absolute Gasteiger partial charge is 0.355 e. The van der Waals surface area contributed by atoms with Gasteiger partial charge in [-0.2, -0.15) is 0 Å². The molecule has 0 radical (unpaired) electrons. The van der Waals surface area contributed by atoms with Gasteiger partial charge in [0.2, 0.25) is 5.91 Å². The number of aromatic nitrogens is 3. The number of carbonyl (C=O) groups is 1. The number of nitrogens with one attached hydrogen (secondary N) is 2. The first-order chi connectivity index (χ1) is 14.0. The number of hydrogen-bond acceptors (Lipinski definition) is 4. The number of nitrogens with zero attached hydrogens (tertiary/aromatic N) is 2. The highest BCUT2D eigenvalue weighted by Crippen LogP contribution is 2.15. The Morgan fingerprint density at radius 3 is 2.52 bits per heavy atom. The van der Waals surface area contributed by atoms with Gasteiger partial charge in [0.15, 0.2) is 5.16 Å². The maximum atomic E-state index is 12.2. The van der Waals surface area contributed by atoms with E-state index in [-0.39, 0.29) is 17.3 Å². The summed E-state index contributed by atoms with van der Waals surface area (Å²) in [5.41, 5.74) is 3.24. The quantitative estimate of drug-likeness (QED) is 0.531. The molecule has 0 unspecified atom stereocenters. The first-order valence-electron chi connectivity index (χ1n) is 9.70. The smallest absolute Gasteiger partial charge is 0.344 e. The first kappa shape index (κ1) is 20.9. The van der Waals surface area contributed by atoms with Crippen LogP contribution in [0, 0.1) is 0 Å². The fourth-order valence-electron chi connectivity index (χ4n) is 2.92. The van der Waals surface area contributed by atoms with Crippen LogP contribution >= 0.6 is 11.8 Å². The predicted octanol–water partition coefficient (Wildman–Crippen LogP) is 3.19. The van der Waals surface area contributed by atoms with Gasteiger partial charge in [-0.25, -0.2) is 9.89 Å². The van der Waals surface area contributed by atoms with Crippen LogP contribution in [0.1, 0.15) is 36.5 Å². The topological polar surface area (TPSA) is 79.8 Å². The van der Waals surface area contributed by atoms with E-state index in [1.807, 2.05) is 30.3 Å². The molecule has 1 amide bonds. The third-order valence-electron chi connectivity index (χ3n) is 4.62. The molecule has 0 saturated heterocycles. The highest BCUT2D eigenvalue weighted by atomic mass is 32.2. The summed E-state index contributed by atoms with van der Waals surface area (Å²) < 4.78 is 1.55. The second kappa shape index (κ2) is 10.1. The Morgan fingerprint density at radius 2 is 1.83 bits per heavy atom. The van der Waals surface area contributed by atoms with Crippen molar-refractivity contribution in [2.45, 2.75) is 37.9 Å². The van der Waals surface area contributed by atoms with E-state index in [4.69, 9.17) is 0 Å². The molecule has 2 aromatic carbocycles. The number of amides is 1. The van der Waals surface area contributed by atoms with Gasteiger partial charge >= 0.3 is 5.69 Å². The van der Waals surface area contributed by atoms with Gasteiger partial charge < -0.3 is 5.32 Å². The molecule has 6 nitrogen and oxygen atoms in total. The second-order valence-electron chi connectivity index (χ2n) is 7.17. The van der Waals surface area contributed by atoms with Gasteiger partial charge in [0, 0.05) is 6.54 Å². The van der Waals surface area contributed by atoms with Crippen molar-refractivity contribution in [3.8, 4) is 0 Å². The lowest BCUT2D eigenvalue weighted by atomic mass is 10.0. The number of hydrogen-bond donors (Lipinski definition) is 2. The minimum atomic E-state index is -0.276. The molecular weight excluding hydrogens is 384 g/mol. The molecule has 0 atom stereocenters. The van der Waals surface area contributed by atoms with Crippen LogP contribution in [0.4, 0.5) is 0 Å². The second-order valence-corrected chi connectivity index (χ2v) is 8.11. The number of H-pyrrole nitrogens is 1. The fraction of sp³-hybridized carbons (Fsp3) is 0.318. The molecule has 2 N–H and O–H groups in total. The fourth-order valence-corrected chi connectivity index (χ4v) is 3.69. The van der Waals surface area contributed by atoms with Gasteiger partial charge in [0.25, 0.3) is 0 Å². The Labute approximate surface area is 174 Å². The van der Waals surface area contributed by atoms with Gasteiger partial charge in [0.1, 0.15) is 0 Å². The van der Waals surface area contributed by atoms with Crippen molar-refractivity contribution in [2.75, 3.05) is 12.3 Å². The zero-order valence-electron chi connectivity index (χ0n) is 16.7. The van der Waals surface area contributed by atoms with Crippen molar-refractivity contribution < 1.29 is 4.79 Å². The lowest BCUT2D eigenvalue weighted by Gasteiger charge is -2.08. The highest BCUT2D eigenvalue weighted by molar-refractivity contribution is 7.99. The molecule has 0 saturated carbocycles. The Balaban J connectivity index is 1.47. The van der Waals surface area contributed by atoms with Crippen LogP contribution in [0.5, 0.6) is 0 Å². The molecule has 3 rings (SSSR count). The summed E-state index contributed by atoms with van der Waals surface area (Å²) in [5, 5.41) is 9.95. The molecule has 152 valence electrons. The molecule has 0 fully saturated rings. The van der Waals surface area contributed by atoms with Crippen LogP contribution in [0.25, 0.3) is 0 Å². The van der Waals surface area contributed by atoms with E-state index >= 15 is 0 Å². The van der Waals surface area contributed by atoms with Crippen molar-refractivity contribution >= 4 is 17.7 Å². The third kappa shape index (κ3) is 6.09. The monoisotopic (exact) mass is 410 g/mol. The molecule has 7 heteroatoms. The molecule has 3 aromatic rings. The van der Waals surface area contributed by atoms with Gasteiger partial charge in [-0.3, -0.25) is 9.36 Å². The van der Waals surface area contributed by atoms with Gasteiger partial charge in [-0.1, -0.05) is 80.2 Å². The molecular formula is C22H26N4O2S. The number of thioether (sulfide) groups is 1. The van der Waals surface area contributed by atoms with Crippen molar-refractivity contribution in [1.82, 2.24) is 20.1 Å². The average Bonchev–Trinajstić information content (AvgIpc) is 3.07. The van der Waals surface area contributed by atoms with Gasteiger partial charge in [-0.15, -0.1) is 5.10 Å². The maximum Gasteiger partial charge on any atom is 0.344 e. The molecule has 0 aliphatic heterocycles. The zero-order chi connectivity index (χ0) is 20.6. The van der Waals surface area contributed by atoms with Crippen molar-refractivity contribution in [3.63, 3.8) is 0 Å². The summed E-state index contributed by atoms with van der Waals surface area (Å²) >= 11 is 1.26. The van der Waals surface area contributed by atoms with Crippen LogP contribution in [0.2, 0.25) is 0 Å². The SMILES string of the molecule is CC(C)c1ccc(CCNC(=O)CSc2n[nH]c(=O)n2Cc2ccccc2)cc1. The van der Waals surface area contributed by atoms with Crippen LogP contribution in [0.3, 0.4) is 0 Å². The summed E-state index contributed by atoms with van der Waals surface area (Å²) in [6.45, 7) is 5.35. The Morgan fingerprint density at radius 1 is 1.10 bits per heavy atom. The van der Waals surface area contributed by atoms with Crippen molar-refractivity contribution in [2.24, 2.45) is 0 Å². The van der Waals surface area contributed by atoms with E-state index in [9.17, 15) is 9.59 Å². The zero-order valence-corrected chi connectivity index (χ0v) is 17.5. The number of benzene rings is 2. The summed E-state index contributed by atoms with van der Waals surface area (Å²) in [5.74, 6) is 0.656. The number of rotatable bonds is 9. The summed E-state index contributed by atoms with van der Waals surface area (Å²) in [6, 6.07) is 18.2. The Bertz CT molecular complexity index is 978. The molecule has 0 spiro atoms. The Hall–Kier alpha value is -2.80. The molecule has 0 aliphatic carbocycles. The van der Waals surface area contributed by atoms with E-state index < -0.39 is 0 Å². The van der Waals surface area contributed by atoms with Gasteiger partial charge in [0.05, 0.1) is 12.3 Å². The van der Waals surface area contributed by atoms with Crippen molar-refractivity contribution in [1.29, 1.82) is 0 Å². The van der Waals surface area contributed by atoms with E-state index in [1.165, 1.54) is 22.9 Å².